The summed E-state index contributed by atoms with van der Waals surface area (Å²) in [5.74, 6) is -0.601. The average molecular weight is 303 g/mol. The summed E-state index contributed by atoms with van der Waals surface area (Å²) in [6.45, 7) is 3.57. The minimum atomic E-state index is -4.68. The minimum absolute atomic E-state index is 0.0288. The van der Waals surface area contributed by atoms with Crippen LogP contribution in [-0.4, -0.2) is 26.6 Å². The van der Waals surface area contributed by atoms with Gasteiger partial charge in [-0.1, -0.05) is 6.58 Å². The number of anilines is 1. The van der Waals surface area contributed by atoms with Crippen LogP contribution in [0.15, 0.2) is 18.7 Å². The Kier molecular flexibility index (Phi) is 5.37. The van der Waals surface area contributed by atoms with E-state index in [1.807, 2.05) is 0 Å². The summed E-state index contributed by atoms with van der Waals surface area (Å²) in [6, 6.07) is 1.78. The van der Waals surface area contributed by atoms with E-state index < -0.39 is 23.1 Å². The van der Waals surface area contributed by atoms with Gasteiger partial charge in [0.25, 0.3) is 0 Å². The van der Waals surface area contributed by atoms with Gasteiger partial charge in [-0.05, 0) is 12.1 Å². The molecule has 0 saturated heterocycles. The number of nitrogens with two attached hydrogens (primary N) is 1. The fraction of sp³-hybridized carbons (Fsp3) is 0.357. The van der Waals surface area contributed by atoms with Crippen molar-refractivity contribution >= 4 is 17.2 Å². The van der Waals surface area contributed by atoms with Gasteiger partial charge in [0.2, 0.25) is 0 Å². The smallest absolute Gasteiger partial charge is 0.417 e. The number of ketones is 1. The minimum Gasteiger partial charge on any atom is -0.497 e. The number of alkyl halides is 3. The lowest BCUT2D eigenvalue weighted by Crippen LogP contribution is -2.16. The number of methoxy groups -OCH3 is 2. The van der Waals surface area contributed by atoms with Crippen LogP contribution in [0.1, 0.15) is 27.9 Å². The molecule has 1 aromatic carbocycles. The molecule has 0 spiro atoms. The second kappa shape index (κ2) is 6.62. The first-order chi connectivity index (χ1) is 9.72. The summed E-state index contributed by atoms with van der Waals surface area (Å²) in [4.78, 5) is 12.0. The first-order valence-corrected chi connectivity index (χ1v) is 5.98. The Morgan fingerprint density at radius 2 is 1.90 bits per heavy atom. The number of rotatable bonds is 6. The highest BCUT2D eigenvalue weighted by molar-refractivity contribution is 5.99. The van der Waals surface area contributed by atoms with Gasteiger partial charge in [-0.25, -0.2) is 0 Å². The van der Waals surface area contributed by atoms with Crippen molar-refractivity contribution in [2.75, 3.05) is 26.6 Å². The number of carbonyl (C=O) groups excluding carboxylic acids is 1. The summed E-state index contributed by atoms with van der Waals surface area (Å²) in [5, 5.41) is 0. The van der Waals surface area contributed by atoms with Crippen molar-refractivity contribution < 1.29 is 27.4 Å². The zero-order chi connectivity index (χ0) is 16.2. The molecular weight excluding hydrogens is 287 g/mol. The lowest BCUT2D eigenvalue weighted by atomic mass is 9.96. The molecule has 0 aliphatic rings. The normalized spacial score (nSPS) is 11.3. The van der Waals surface area contributed by atoms with Crippen molar-refractivity contribution in [2.24, 2.45) is 0 Å². The van der Waals surface area contributed by atoms with Gasteiger partial charge in [0, 0.05) is 30.3 Å². The third-order valence-electron chi connectivity index (χ3n) is 2.88. The van der Waals surface area contributed by atoms with Crippen molar-refractivity contribution in [2.45, 2.75) is 12.6 Å². The van der Waals surface area contributed by atoms with Gasteiger partial charge in [-0.15, -0.1) is 0 Å². The Bertz CT molecular complexity index is 553. The lowest BCUT2D eigenvalue weighted by molar-refractivity contribution is -0.137. The van der Waals surface area contributed by atoms with Crippen LogP contribution in [0.4, 0.5) is 18.9 Å². The molecule has 0 aliphatic carbocycles. The van der Waals surface area contributed by atoms with Crippen molar-refractivity contribution in [3.8, 4) is 0 Å². The molecule has 0 fully saturated rings. The molecule has 0 unspecified atom stereocenters. The summed E-state index contributed by atoms with van der Waals surface area (Å²) in [6.07, 6.45) is -4.85. The SMILES string of the molecule is C=C(OC)c1cc(C(=O)CCOC)c(C(F)(F)F)cc1N. The fourth-order valence-electron chi connectivity index (χ4n) is 1.76. The molecule has 1 aromatic rings. The van der Waals surface area contributed by atoms with Crippen LogP contribution in [0.3, 0.4) is 0 Å². The number of benzene rings is 1. The maximum absolute atomic E-state index is 13.0. The van der Waals surface area contributed by atoms with Crippen LogP contribution in [-0.2, 0) is 15.7 Å². The largest absolute Gasteiger partial charge is 0.497 e. The van der Waals surface area contributed by atoms with Crippen LogP contribution in [0.5, 0.6) is 0 Å². The molecule has 0 aliphatic heterocycles. The first-order valence-electron chi connectivity index (χ1n) is 5.98. The first kappa shape index (κ1) is 17.0. The highest BCUT2D eigenvalue weighted by Crippen LogP contribution is 2.36. The number of hydrogen-bond donors (Lipinski definition) is 1. The van der Waals surface area contributed by atoms with E-state index in [1.54, 1.807) is 0 Å². The average Bonchev–Trinajstić information content (AvgIpc) is 2.42. The van der Waals surface area contributed by atoms with Gasteiger partial charge in [-0.3, -0.25) is 4.79 Å². The van der Waals surface area contributed by atoms with Crippen LogP contribution < -0.4 is 5.73 Å². The standard InChI is InChI=1S/C14H16F3NO3/c1-8(21-3)9-6-10(13(19)4-5-20-2)11(7-12(9)18)14(15,16)17/h6-7H,1,4-5,18H2,2-3H3. The van der Waals surface area contributed by atoms with Gasteiger partial charge in [0.15, 0.2) is 5.78 Å². The van der Waals surface area contributed by atoms with Gasteiger partial charge in [0.1, 0.15) is 5.76 Å². The third-order valence-corrected chi connectivity index (χ3v) is 2.88. The molecular formula is C14H16F3NO3. The molecule has 0 radical (unpaired) electrons. The number of hydrogen-bond acceptors (Lipinski definition) is 4. The number of halogens is 3. The Morgan fingerprint density at radius 1 is 1.29 bits per heavy atom. The zero-order valence-corrected chi connectivity index (χ0v) is 11.7. The lowest BCUT2D eigenvalue weighted by Gasteiger charge is -2.16. The number of Topliss-reactive ketones (excluding diaryl/α,β-unsaturated/α-hetero) is 1. The maximum Gasteiger partial charge on any atom is 0.417 e. The third kappa shape index (κ3) is 3.98. The molecule has 0 heterocycles. The summed E-state index contributed by atoms with van der Waals surface area (Å²) in [5.41, 5.74) is 4.04. The number of nitrogen functional groups attached to an aromatic ring is 1. The number of ether oxygens (including phenoxy) is 2. The molecule has 0 aromatic heterocycles. The van der Waals surface area contributed by atoms with Crippen molar-refractivity contribution in [1.29, 1.82) is 0 Å². The van der Waals surface area contributed by atoms with Gasteiger partial charge < -0.3 is 15.2 Å². The molecule has 0 atom stereocenters. The second-order valence-corrected chi connectivity index (χ2v) is 4.28. The van der Waals surface area contributed by atoms with Crippen LogP contribution >= 0.6 is 0 Å². The molecule has 4 nitrogen and oxygen atoms in total. The Balaban J connectivity index is 3.41. The quantitative estimate of drug-likeness (QED) is 0.498. The Morgan fingerprint density at radius 3 is 2.38 bits per heavy atom. The topological polar surface area (TPSA) is 61.5 Å². The molecule has 2 N–H and O–H groups in total. The second-order valence-electron chi connectivity index (χ2n) is 4.28. The fourth-order valence-corrected chi connectivity index (χ4v) is 1.76. The summed E-state index contributed by atoms with van der Waals surface area (Å²) in [7, 11) is 2.67. The van der Waals surface area contributed by atoms with Gasteiger partial charge in [0.05, 0.1) is 19.3 Å². The molecule has 0 bridgehead atoms. The van der Waals surface area contributed by atoms with E-state index in [9.17, 15) is 18.0 Å². The van der Waals surface area contributed by atoms with E-state index in [0.29, 0.717) is 0 Å². The van der Waals surface area contributed by atoms with E-state index in [2.05, 4.69) is 6.58 Å². The highest BCUT2D eigenvalue weighted by Gasteiger charge is 2.36. The number of carbonyl (C=O) groups is 1. The van der Waals surface area contributed by atoms with E-state index in [1.165, 1.54) is 14.2 Å². The van der Waals surface area contributed by atoms with Gasteiger partial charge in [-0.2, -0.15) is 13.2 Å². The molecule has 7 heteroatoms. The van der Waals surface area contributed by atoms with Crippen LogP contribution in [0.25, 0.3) is 5.76 Å². The van der Waals surface area contributed by atoms with E-state index in [0.717, 1.165) is 12.1 Å². The van der Waals surface area contributed by atoms with Gasteiger partial charge >= 0.3 is 6.18 Å². The van der Waals surface area contributed by atoms with Crippen molar-refractivity contribution in [3.05, 3.63) is 35.4 Å². The molecule has 0 saturated carbocycles. The van der Waals surface area contributed by atoms with Crippen LogP contribution in [0, 0.1) is 0 Å². The maximum atomic E-state index is 13.0. The predicted octanol–water partition coefficient (Wildman–Crippen LogP) is 3.12. The Labute approximate surface area is 120 Å². The summed E-state index contributed by atoms with van der Waals surface area (Å²) < 4.78 is 48.7. The van der Waals surface area contributed by atoms with Crippen LogP contribution in [0.2, 0.25) is 0 Å². The van der Waals surface area contributed by atoms with Crippen molar-refractivity contribution in [1.82, 2.24) is 0 Å². The molecule has 0 amide bonds. The van der Waals surface area contributed by atoms with E-state index in [4.69, 9.17) is 15.2 Å². The molecule has 116 valence electrons. The Hall–Kier alpha value is -2.02. The predicted molar refractivity (Wildman–Crippen MR) is 72.7 cm³/mol. The highest BCUT2D eigenvalue weighted by atomic mass is 19.4. The van der Waals surface area contributed by atoms with Crippen molar-refractivity contribution in [3.63, 3.8) is 0 Å². The monoisotopic (exact) mass is 303 g/mol. The summed E-state index contributed by atoms with van der Waals surface area (Å²) >= 11 is 0. The van der Waals surface area contributed by atoms with E-state index in [-0.39, 0.29) is 30.0 Å². The van der Waals surface area contributed by atoms with E-state index >= 15 is 0 Å². The zero-order valence-electron chi connectivity index (χ0n) is 11.7. The molecule has 1 rings (SSSR count). The molecule has 21 heavy (non-hydrogen) atoms.